The minimum atomic E-state index is -0.612. The van der Waals surface area contributed by atoms with Gasteiger partial charge in [-0.25, -0.2) is 0 Å². The second-order valence-corrected chi connectivity index (χ2v) is 10.8. The summed E-state index contributed by atoms with van der Waals surface area (Å²) in [4.78, 5) is 28.9. The summed E-state index contributed by atoms with van der Waals surface area (Å²) in [5.74, 6) is 1.03. The standard InChI is InChI=1S/C30H35ClN2O2S/c1-22(2)18-32-30(35)28(17-24-12-5-4-6-13-24)33(19-25-14-8-7-11-23(25)3)29(34)21-36-20-26-15-9-10-16-27(26)31/h4-16,22,28H,17-21H2,1-3H3,(H,32,35). The zero-order valence-electron chi connectivity index (χ0n) is 21.2. The summed E-state index contributed by atoms with van der Waals surface area (Å²) in [7, 11) is 0. The fourth-order valence-electron chi connectivity index (χ4n) is 3.89. The van der Waals surface area contributed by atoms with Crippen LogP contribution < -0.4 is 5.32 Å². The summed E-state index contributed by atoms with van der Waals surface area (Å²) in [6.07, 6.45) is 0.456. The average molecular weight is 523 g/mol. The van der Waals surface area contributed by atoms with Gasteiger partial charge < -0.3 is 10.2 Å². The molecule has 1 unspecified atom stereocenters. The Morgan fingerprint density at radius 2 is 1.56 bits per heavy atom. The number of thioether (sulfide) groups is 1. The van der Waals surface area contributed by atoms with Gasteiger partial charge in [0.2, 0.25) is 11.8 Å². The predicted molar refractivity (Wildman–Crippen MR) is 151 cm³/mol. The van der Waals surface area contributed by atoms with Gasteiger partial charge in [0.1, 0.15) is 6.04 Å². The number of halogens is 1. The summed E-state index contributed by atoms with van der Waals surface area (Å²) in [5, 5.41) is 3.77. The molecule has 0 fully saturated rings. The Morgan fingerprint density at radius 3 is 2.22 bits per heavy atom. The molecule has 3 aromatic rings. The summed E-state index contributed by atoms with van der Waals surface area (Å²) in [6.45, 7) is 7.11. The lowest BCUT2D eigenvalue weighted by Crippen LogP contribution is -2.51. The highest BCUT2D eigenvalue weighted by atomic mass is 35.5. The molecule has 4 nitrogen and oxygen atoms in total. The summed E-state index contributed by atoms with van der Waals surface area (Å²) in [5.41, 5.74) is 4.16. The number of aryl methyl sites for hydroxylation is 1. The zero-order valence-corrected chi connectivity index (χ0v) is 22.8. The fraction of sp³-hybridized carbons (Fsp3) is 0.333. The van der Waals surface area contributed by atoms with Gasteiger partial charge in [-0.15, -0.1) is 11.8 Å². The van der Waals surface area contributed by atoms with Gasteiger partial charge in [-0.3, -0.25) is 9.59 Å². The monoisotopic (exact) mass is 522 g/mol. The van der Waals surface area contributed by atoms with Crippen molar-refractivity contribution in [3.8, 4) is 0 Å². The first-order valence-corrected chi connectivity index (χ1v) is 13.8. The number of nitrogens with one attached hydrogen (secondary N) is 1. The first kappa shape index (κ1) is 27.8. The molecule has 0 radical (unpaired) electrons. The van der Waals surface area contributed by atoms with Gasteiger partial charge in [0.15, 0.2) is 0 Å². The van der Waals surface area contributed by atoms with Gasteiger partial charge in [-0.05, 0) is 41.2 Å². The van der Waals surface area contributed by atoms with Gasteiger partial charge in [0.05, 0.1) is 5.75 Å². The van der Waals surface area contributed by atoms with Crippen molar-refractivity contribution in [2.24, 2.45) is 5.92 Å². The highest BCUT2D eigenvalue weighted by molar-refractivity contribution is 7.99. The molecule has 0 heterocycles. The van der Waals surface area contributed by atoms with E-state index in [9.17, 15) is 9.59 Å². The molecule has 3 rings (SSSR count). The van der Waals surface area contributed by atoms with Gasteiger partial charge in [0, 0.05) is 30.3 Å². The van der Waals surface area contributed by atoms with E-state index in [4.69, 9.17) is 11.6 Å². The third kappa shape index (κ3) is 8.42. The van der Waals surface area contributed by atoms with E-state index in [1.54, 1.807) is 4.90 Å². The third-order valence-corrected chi connectivity index (χ3v) is 7.33. The first-order valence-electron chi connectivity index (χ1n) is 12.3. The van der Waals surface area contributed by atoms with Crippen LogP contribution in [0.4, 0.5) is 0 Å². The second kappa shape index (κ2) is 14.1. The van der Waals surface area contributed by atoms with Gasteiger partial charge in [0.25, 0.3) is 0 Å². The van der Waals surface area contributed by atoms with Crippen molar-refractivity contribution in [2.75, 3.05) is 12.3 Å². The first-order chi connectivity index (χ1) is 17.3. The molecule has 0 saturated heterocycles. The molecule has 0 bridgehead atoms. The molecule has 1 atom stereocenters. The van der Waals surface area contributed by atoms with Gasteiger partial charge >= 0.3 is 0 Å². The average Bonchev–Trinajstić information content (AvgIpc) is 2.87. The number of benzene rings is 3. The lowest BCUT2D eigenvalue weighted by molar-refractivity contribution is -0.139. The van der Waals surface area contributed by atoms with Crippen molar-refractivity contribution in [1.82, 2.24) is 10.2 Å². The summed E-state index contributed by atoms with van der Waals surface area (Å²) in [6, 6.07) is 25.0. The van der Waals surface area contributed by atoms with Crippen molar-refractivity contribution < 1.29 is 9.59 Å². The normalized spacial score (nSPS) is 11.8. The molecule has 0 aliphatic heterocycles. The molecule has 190 valence electrons. The minimum Gasteiger partial charge on any atom is -0.354 e. The molecule has 0 aliphatic rings. The Morgan fingerprint density at radius 1 is 0.917 bits per heavy atom. The molecule has 0 aliphatic carbocycles. The van der Waals surface area contributed by atoms with Crippen molar-refractivity contribution in [3.05, 3.63) is 106 Å². The lowest BCUT2D eigenvalue weighted by atomic mass is 10.0. The van der Waals surface area contributed by atoms with Crippen LogP contribution >= 0.6 is 23.4 Å². The molecule has 0 saturated carbocycles. The highest BCUT2D eigenvalue weighted by Gasteiger charge is 2.30. The molecule has 0 spiro atoms. The van der Waals surface area contributed by atoms with E-state index in [0.29, 0.717) is 36.2 Å². The maximum absolute atomic E-state index is 13.7. The molecule has 3 aromatic carbocycles. The van der Waals surface area contributed by atoms with E-state index in [-0.39, 0.29) is 17.6 Å². The maximum Gasteiger partial charge on any atom is 0.243 e. The van der Waals surface area contributed by atoms with Crippen LogP contribution in [0.2, 0.25) is 5.02 Å². The molecule has 2 amide bonds. The fourth-order valence-corrected chi connectivity index (χ4v) is 5.09. The lowest BCUT2D eigenvalue weighted by Gasteiger charge is -2.32. The third-order valence-electron chi connectivity index (χ3n) is 6.00. The largest absolute Gasteiger partial charge is 0.354 e. The number of carbonyl (C=O) groups is 2. The van der Waals surface area contributed by atoms with E-state index < -0.39 is 6.04 Å². The molecular weight excluding hydrogens is 488 g/mol. The van der Waals surface area contributed by atoms with Crippen LogP contribution in [0.1, 0.15) is 36.1 Å². The van der Waals surface area contributed by atoms with Gasteiger partial charge in [-0.2, -0.15) is 0 Å². The molecule has 0 aromatic heterocycles. The number of hydrogen-bond donors (Lipinski definition) is 1. The van der Waals surface area contributed by atoms with Crippen molar-refractivity contribution in [3.63, 3.8) is 0 Å². The van der Waals surface area contributed by atoms with Crippen molar-refractivity contribution in [2.45, 2.75) is 45.5 Å². The maximum atomic E-state index is 13.7. The molecular formula is C30H35ClN2O2S. The van der Waals surface area contributed by atoms with Crippen LogP contribution in [0, 0.1) is 12.8 Å². The molecule has 1 N–H and O–H groups in total. The van der Waals surface area contributed by atoms with Crippen LogP contribution in [0.5, 0.6) is 0 Å². The van der Waals surface area contributed by atoms with E-state index in [2.05, 4.69) is 19.2 Å². The van der Waals surface area contributed by atoms with Gasteiger partial charge in [-0.1, -0.05) is 98.2 Å². The van der Waals surface area contributed by atoms with Crippen LogP contribution in [-0.4, -0.2) is 35.1 Å². The van der Waals surface area contributed by atoms with Crippen molar-refractivity contribution >= 4 is 35.2 Å². The Balaban J connectivity index is 1.86. The minimum absolute atomic E-state index is 0.0593. The van der Waals surface area contributed by atoms with Crippen LogP contribution in [0.25, 0.3) is 0 Å². The van der Waals surface area contributed by atoms with Crippen LogP contribution in [0.15, 0.2) is 78.9 Å². The smallest absolute Gasteiger partial charge is 0.243 e. The molecule has 36 heavy (non-hydrogen) atoms. The quantitative estimate of drug-likeness (QED) is 0.304. The number of hydrogen-bond acceptors (Lipinski definition) is 3. The van der Waals surface area contributed by atoms with E-state index in [1.165, 1.54) is 11.8 Å². The Labute approximate surface area is 224 Å². The number of rotatable bonds is 12. The Kier molecular flexibility index (Phi) is 10.9. The number of carbonyl (C=O) groups excluding carboxylic acids is 2. The number of amides is 2. The summed E-state index contributed by atoms with van der Waals surface area (Å²) >= 11 is 7.83. The molecule has 6 heteroatoms. The van der Waals surface area contributed by atoms with Crippen LogP contribution in [0.3, 0.4) is 0 Å². The van der Waals surface area contributed by atoms with Crippen molar-refractivity contribution in [1.29, 1.82) is 0 Å². The SMILES string of the molecule is Cc1ccccc1CN(C(=O)CSCc1ccccc1Cl)C(Cc1ccccc1)C(=O)NCC(C)C. The van der Waals surface area contributed by atoms with E-state index >= 15 is 0 Å². The second-order valence-electron chi connectivity index (χ2n) is 9.38. The predicted octanol–water partition coefficient (Wildman–Crippen LogP) is 6.29. The number of nitrogens with zero attached hydrogens (tertiary/aromatic N) is 1. The zero-order chi connectivity index (χ0) is 25.9. The van der Waals surface area contributed by atoms with E-state index in [0.717, 1.165) is 22.3 Å². The Bertz CT molecular complexity index is 1140. The summed E-state index contributed by atoms with van der Waals surface area (Å²) < 4.78 is 0. The Hall–Kier alpha value is -2.76. The highest BCUT2D eigenvalue weighted by Crippen LogP contribution is 2.23. The van der Waals surface area contributed by atoms with E-state index in [1.807, 2.05) is 85.8 Å². The topological polar surface area (TPSA) is 49.4 Å². The van der Waals surface area contributed by atoms with Crippen LogP contribution in [-0.2, 0) is 28.3 Å².